The van der Waals surface area contributed by atoms with Gasteiger partial charge in [-0.05, 0) is 42.5 Å². The van der Waals surface area contributed by atoms with Crippen LogP contribution in [0.1, 0.15) is 23.1 Å². The Labute approximate surface area is 173 Å². The van der Waals surface area contributed by atoms with Crippen LogP contribution in [-0.4, -0.2) is 32.8 Å². The molecule has 0 spiro atoms. The molecule has 2 aromatic carbocycles. The molecule has 0 radical (unpaired) electrons. The smallest absolute Gasteiger partial charge is 0.255 e. The summed E-state index contributed by atoms with van der Waals surface area (Å²) in [5.74, 6) is 1.18. The van der Waals surface area contributed by atoms with Crippen LogP contribution in [-0.2, 0) is 6.42 Å². The van der Waals surface area contributed by atoms with Gasteiger partial charge in [-0.3, -0.25) is 4.79 Å². The number of ether oxygens (including phenoxy) is 1. The molecule has 1 N–H and O–H groups in total. The monoisotopic (exact) mass is 457 g/mol. The fraction of sp³-hybridized carbons (Fsp3) is 0.158. The molecule has 4 aromatic rings. The van der Waals surface area contributed by atoms with E-state index in [2.05, 4.69) is 36.5 Å². The van der Waals surface area contributed by atoms with E-state index in [9.17, 15) is 4.79 Å². The summed E-state index contributed by atoms with van der Waals surface area (Å²) in [7, 11) is 1.57. The Morgan fingerprint density at radius 2 is 2.00 bits per heavy atom. The van der Waals surface area contributed by atoms with Gasteiger partial charge in [0.25, 0.3) is 5.91 Å². The maximum absolute atomic E-state index is 12.6. The van der Waals surface area contributed by atoms with E-state index in [0.29, 0.717) is 17.0 Å². The number of aryl methyl sites for hydroxylation is 1. The molecule has 0 saturated carbocycles. The van der Waals surface area contributed by atoms with E-state index in [-0.39, 0.29) is 5.91 Å². The molecule has 0 fully saturated rings. The molecule has 28 heavy (non-hydrogen) atoms. The first-order chi connectivity index (χ1) is 13.6. The number of nitrogens with one attached hydrogen (secondary N) is 1. The normalized spacial score (nSPS) is 11.0. The van der Waals surface area contributed by atoms with E-state index in [1.807, 2.05) is 37.3 Å². The largest absolute Gasteiger partial charge is 0.495 e. The minimum Gasteiger partial charge on any atom is -0.495 e. The predicted molar refractivity (Wildman–Crippen MR) is 112 cm³/mol. The summed E-state index contributed by atoms with van der Waals surface area (Å²) in [5.41, 5.74) is 2.00. The van der Waals surface area contributed by atoms with E-state index in [0.717, 1.165) is 32.2 Å². The first-order valence-corrected chi connectivity index (χ1v) is 10.2. The van der Waals surface area contributed by atoms with Gasteiger partial charge in [0.2, 0.25) is 4.96 Å². The Morgan fingerprint density at radius 1 is 1.21 bits per heavy atom. The van der Waals surface area contributed by atoms with E-state index in [1.165, 1.54) is 11.3 Å². The van der Waals surface area contributed by atoms with E-state index < -0.39 is 0 Å². The Kier molecular flexibility index (Phi) is 5.10. The number of benzene rings is 2. The number of carbonyl (C=O) groups excluding carboxylic acids is 1. The standard InChI is InChI=1S/C19H16BrN5O2S/c1-3-16-22-23-19-25(16)24-18(28-19)12-6-9-15(27-2)14(10-12)21-17(26)11-4-7-13(20)8-5-11/h4-10H,3H2,1-2H3,(H,21,26). The SMILES string of the molecule is CCc1nnc2sc(-c3ccc(OC)c(NC(=O)c4ccc(Br)cc4)c3)nn12. The van der Waals surface area contributed by atoms with Gasteiger partial charge in [0.1, 0.15) is 10.8 Å². The zero-order valence-corrected chi connectivity index (χ0v) is 17.5. The van der Waals surface area contributed by atoms with Gasteiger partial charge in [0, 0.05) is 22.0 Å². The molecule has 2 heterocycles. The molecular weight excluding hydrogens is 442 g/mol. The summed E-state index contributed by atoms with van der Waals surface area (Å²) < 4.78 is 8.08. The molecule has 0 unspecified atom stereocenters. The van der Waals surface area contributed by atoms with Crippen LogP contribution in [0.15, 0.2) is 46.9 Å². The molecular formula is C19H16BrN5O2S. The average molecular weight is 458 g/mol. The Balaban J connectivity index is 1.67. The predicted octanol–water partition coefficient (Wildman–Crippen LogP) is 4.44. The summed E-state index contributed by atoms with van der Waals surface area (Å²) in [6.45, 7) is 2.01. The van der Waals surface area contributed by atoms with E-state index in [1.54, 1.807) is 23.8 Å². The summed E-state index contributed by atoms with van der Waals surface area (Å²) in [6, 6.07) is 12.7. The summed E-state index contributed by atoms with van der Waals surface area (Å²) in [4.78, 5) is 13.3. The van der Waals surface area contributed by atoms with Gasteiger partial charge >= 0.3 is 0 Å². The van der Waals surface area contributed by atoms with Crippen molar-refractivity contribution in [3.63, 3.8) is 0 Å². The van der Waals surface area contributed by atoms with Gasteiger partial charge < -0.3 is 10.1 Å². The second kappa shape index (κ2) is 7.69. The lowest BCUT2D eigenvalue weighted by molar-refractivity contribution is 0.102. The van der Waals surface area contributed by atoms with Crippen molar-refractivity contribution in [2.24, 2.45) is 0 Å². The van der Waals surface area contributed by atoms with Crippen molar-refractivity contribution in [2.75, 3.05) is 12.4 Å². The summed E-state index contributed by atoms with van der Waals surface area (Å²) in [6.07, 6.45) is 0.751. The van der Waals surface area contributed by atoms with Crippen LogP contribution in [0.2, 0.25) is 0 Å². The molecule has 9 heteroatoms. The van der Waals surface area contributed by atoms with Crippen molar-refractivity contribution >= 4 is 43.8 Å². The molecule has 7 nitrogen and oxygen atoms in total. The van der Waals surface area contributed by atoms with Crippen LogP contribution in [0.4, 0.5) is 5.69 Å². The third kappa shape index (κ3) is 3.50. The molecule has 0 aliphatic heterocycles. The number of methoxy groups -OCH3 is 1. The van der Waals surface area contributed by atoms with Gasteiger partial charge in [-0.15, -0.1) is 10.2 Å². The van der Waals surface area contributed by atoms with Crippen LogP contribution < -0.4 is 10.1 Å². The van der Waals surface area contributed by atoms with Gasteiger partial charge in [0.15, 0.2) is 5.82 Å². The number of hydrogen-bond acceptors (Lipinski definition) is 6. The van der Waals surface area contributed by atoms with Crippen LogP contribution in [0.3, 0.4) is 0 Å². The van der Waals surface area contributed by atoms with Gasteiger partial charge in [-0.25, -0.2) is 0 Å². The number of carbonyl (C=O) groups is 1. The molecule has 0 aliphatic carbocycles. The van der Waals surface area contributed by atoms with Crippen molar-refractivity contribution in [1.82, 2.24) is 19.8 Å². The highest BCUT2D eigenvalue weighted by Crippen LogP contribution is 2.33. The lowest BCUT2D eigenvalue weighted by Crippen LogP contribution is -2.12. The molecule has 142 valence electrons. The highest BCUT2D eigenvalue weighted by Gasteiger charge is 2.15. The molecule has 0 aliphatic rings. The first kappa shape index (κ1) is 18.6. The lowest BCUT2D eigenvalue weighted by Gasteiger charge is -2.11. The van der Waals surface area contributed by atoms with Crippen molar-refractivity contribution in [2.45, 2.75) is 13.3 Å². The lowest BCUT2D eigenvalue weighted by atomic mass is 10.1. The second-order valence-corrected chi connectivity index (χ2v) is 7.82. The number of nitrogens with zero attached hydrogens (tertiary/aromatic N) is 4. The zero-order chi connectivity index (χ0) is 19.7. The number of halogens is 1. The minimum absolute atomic E-state index is 0.214. The highest BCUT2D eigenvalue weighted by atomic mass is 79.9. The number of hydrogen-bond donors (Lipinski definition) is 1. The minimum atomic E-state index is -0.214. The quantitative estimate of drug-likeness (QED) is 0.478. The molecule has 2 aromatic heterocycles. The van der Waals surface area contributed by atoms with Gasteiger partial charge in [0.05, 0.1) is 12.8 Å². The van der Waals surface area contributed by atoms with E-state index >= 15 is 0 Å². The first-order valence-electron chi connectivity index (χ1n) is 8.55. The van der Waals surface area contributed by atoms with Crippen LogP contribution >= 0.6 is 27.3 Å². The highest BCUT2D eigenvalue weighted by molar-refractivity contribution is 9.10. The maximum atomic E-state index is 12.6. The summed E-state index contributed by atoms with van der Waals surface area (Å²) in [5, 5.41) is 16.6. The van der Waals surface area contributed by atoms with Gasteiger partial charge in [-0.2, -0.15) is 9.61 Å². The Hall–Kier alpha value is -2.78. The third-order valence-corrected chi connectivity index (χ3v) is 5.65. The Morgan fingerprint density at radius 3 is 2.71 bits per heavy atom. The third-order valence-electron chi connectivity index (χ3n) is 4.17. The van der Waals surface area contributed by atoms with Crippen molar-refractivity contribution < 1.29 is 9.53 Å². The van der Waals surface area contributed by atoms with Crippen LogP contribution in [0.25, 0.3) is 15.5 Å². The van der Waals surface area contributed by atoms with Crippen molar-refractivity contribution in [3.05, 3.63) is 58.3 Å². The van der Waals surface area contributed by atoms with Crippen molar-refractivity contribution in [3.8, 4) is 16.3 Å². The van der Waals surface area contributed by atoms with Crippen LogP contribution in [0, 0.1) is 0 Å². The molecule has 1 amide bonds. The number of fused-ring (bicyclic) bond motifs is 1. The number of anilines is 1. The number of rotatable bonds is 5. The van der Waals surface area contributed by atoms with Crippen molar-refractivity contribution in [1.29, 1.82) is 0 Å². The second-order valence-electron chi connectivity index (χ2n) is 5.95. The zero-order valence-electron chi connectivity index (χ0n) is 15.1. The number of aromatic nitrogens is 4. The number of amides is 1. The average Bonchev–Trinajstić information content (AvgIpc) is 3.29. The molecule has 0 atom stereocenters. The summed E-state index contributed by atoms with van der Waals surface area (Å²) >= 11 is 4.82. The topological polar surface area (TPSA) is 81.4 Å². The fourth-order valence-corrected chi connectivity index (χ4v) is 3.85. The van der Waals surface area contributed by atoms with Crippen LogP contribution in [0.5, 0.6) is 5.75 Å². The molecule has 0 bridgehead atoms. The van der Waals surface area contributed by atoms with E-state index in [4.69, 9.17) is 4.74 Å². The van der Waals surface area contributed by atoms with Gasteiger partial charge in [-0.1, -0.05) is 34.2 Å². The fourth-order valence-electron chi connectivity index (χ4n) is 2.73. The molecule has 0 saturated heterocycles. The maximum Gasteiger partial charge on any atom is 0.255 e. The Bertz CT molecular complexity index is 1150. The molecule has 4 rings (SSSR count).